The van der Waals surface area contributed by atoms with E-state index in [0.29, 0.717) is 26.3 Å². The van der Waals surface area contributed by atoms with Crippen LogP contribution in [0, 0.1) is 0 Å². The van der Waals surface area contributed by atoms with Gasteiger partial charge in [0.1, 0.15) is 18.0 Å². The summed E-state index contributed by atoms with van der Waals surface area (Å²) < 4.78 is 5.33. The number of aliphatic hydroxyl groups is 1. The van der Waals surface area contributed by atoms with Crippen LogP contribution in [0.15, 0.2) is 12.4 Å². The Bertz CT molecular complexity index is 539. The minimum Gasteiger partial charge on any atom is -0.479 e. The fourth-order valence-electron chi connectivity index (χ4n) is 2.80. The number of anilines is 2. The molecule has 120 valence electrons. The molecule has 0 saturated carbocycles. The zero-order chi connectivity index (χ0) is 15.6. The Morgan fingerprint density at radius 1 is 1.09 bits per heavy atom. The summed E-state index contributed by atoms with van der Waals surface area (Å²) in [5.74, 6) is 0.472. The van der Waals surface area contributed by atoms with E-state index in [1.54, 1.807) is 0 Å². The third-order valence-corrected chi connectivity index (χ3v) is 4.29. The number of carboxylic acid groups (broad SMARTS) is 1. The molecule has 1 aromatic rings. The monoisotopic (exact) mass is 308 g/mol. The number of carbonyl (C=O) groups is 1. The maximum absolute atomic E-state index is 11.1. The van der Waals surface area contributed by atoms with E-state index in [2.05, 4.69) is 14.9 Å². The SMILES string of the molecule is O=C(O)C1(O)CCN(c2cc(N3CCOCC3)ncn2)CC1. The normalized spacial score (nSPS) is 21.7. The van der Waals surface area contributed by atoms with E-state index in [4.69, 9.17) is 9.84 Å². The number of morpholine rings is 1. The number of rotatable bonds is 3. The fraction of sp³-hybridized carbons (Fsp3) is 0.643. The third-order valence-electron chi connectivity index (χ3n) is 4.29. The molecule has 0 atom stereocenters. The summed E-state index contributed by atoms with van der Waals surface area (Å²) in [5.41, 5.74) is -1.61. The van der Waals surface area contributed by atoms with E-state index in [1.165, 1.54) is 6.33 Å². The van der Waals surface area contributed by atoms with Crippen LogP contribution in [-0.2, 0) is 9.53 Å². The van der Waals surface area contributed by atoms with E-state index in [9.17, 15) is 9.90 Å². The molecule has 2 aliphatic rings. The molecule has 0 spiro atoms. The lowest BCUT2D eigenvalue weighted by Crippen LogP contribution is -2.49. The molecular weight excluding hydrogens is 288 g/mol. The quantitative estimate of drug-likeness (QED) is 0.787. The van der Waals surface area contributed by atoms with Gasteiger partial charge in [-0.3, -0.25) is 0 Å². The average Bonchev–Trinajstić information content (AvgIpc) is 2.56. The molecule has 0 aliphatic carbocycles. The third kappa shape index (κ3) is 2.97. The van der Waals surface area contributed by atoms with Gasteiger partial charge in [-0.25, -0.2) is 14.8 Å². The van der Waals surface area contributed by atoms with Crippen molar-refractivity contribution in [2.24, 2.45) is 0 Å². The molecule has 2 N–H and O–H groups in total. The van der Waals surface area contributed by atoms with Gasteiger partial charge in [0.25, 0.3) is 0 Å². The van der Waals surface area contributed by atoms with Crippen LogP contribution in [0.3, 0.4) is 0 Å². The molecule has 0 aromatic carbocycles. The lowest BCUT2D eigenvalue weighted by Gasteiger charge is -2.36. The molecule has 8 heteroatoms. The van der Waals surface area contributed by atoms with Crippen molar-refractivity contribution in [1.82, 2.24) is 9.97 Å². The highest BCUT2D eigenvalue weighted by Crippen LogP contribution is 2.27. The molecule has 22 heavy (non-hydrogen) atoms. The van der Waals surface area contributed by atoms with Gasteiger partial charge < -0.3 is 24.7 Å². The second kappa shape index (κ2) is 6.05. The van der Waals surface area contributed by atoms with Crippen molar-refractivity contribution in [3.05, 3.63) is 12.4 Å². The van der Waals surface area contributed by atoms with Crippen molar-refractivity contribution in [3.63, 3.8) is 0 Å². The minimum absolute atomic E-state index is 0.194. The topological polar surface area (TPSA) is 99.0 Å². The van der Waals surface area contributed by atoms with Gasteiger partial charge in [-0.2, -0.15) is 0 Å². The van der Waals surface area contributed by atoms with Gasteiger partial charge in [0.2, 0.25) is 0 Å². The van der Waals surface area contributed by atoms with E-state index >= 15 is 0 Å². The summed E-state index contributed by atoms with van der Waals surface area (Å²) in [6, 6.07) is 1.91. The predicted octanol–water partition coefficient (Wildman–Crippen LogP) is -0.271. The van der Waals surface area contributed by atoms with Gasteiger partial charge in [-0.05, 0) is 0 Å². The maximum atomic E-state index is 11.1. The number of hydrogen-bond donors (Lipinski definition) is 2. The van der Waals surface area contributed by atoms with Crippen LogP contribution in [0.25, 0.3) is 0 Å². The highest BCUT2D eigenvalue weighted by molar-refractivity contribution is 5.77. The minimum atomic E-state index is -1.61. The zero-order valence-corrected chi connectivity index (χ0v) is 12.3. The molecular formula is C14H20N4O4. The second-order valence-electron chi connectivity index (χ2n) is 5.66. The zero-order valence-electron chi connectivity index (χ0n) is 12.3. The van der Waals surface area contributed by atoms with Gasteiger partial charge in [-0.1, -0.05) is 0 Å². The second-order valence-corrected chi connectivity index (χ2v) is 5.66. The lowest BCUT2D eigenvalue weighted by atomic mass is 9.92. The van der Waals surface area contributed by atoms with Crippen LogP contribution in [0.4, 0.5) is 11.6 Å². The Hall–Kier alpha value is -1.93. The smallest absolute Gasteiger partial charge is 0.335 e. The number of hydrogen-bond acceptors (Lipinski definition) is 7. The summed E-state index contributed by atoms with van der Waals surface area (Å²) in [7, 11) is 0. The Morgan fingerprint density at radius 2 is 1.64 bits per heavy atom. The maximum Gasteiger partial charge on any atom is 0.335 e. The average molecular weight is 308 g/mol. The Balaban J connectivity index is 1.69. The summed E-state index contributed by atoms with van der Waals surface area (Å²) in [6.07, 6.45) is 1.91. The van der Waals surface area contributed by atoms with Crippen LogP contribution in [-0.4, -0.2) is 71.1 Å². The van der Waals surface area contributed by atoms with Gasteiger partial charge in [0.05, 0.1) is 13.2 Å². The van der Waals surface area contributed by atoms with Gasteiger partial charge in [0.15, 0.2) is 5.60 Å². The molecule has 0 amide bonds. The van der Waals surface area contributed by atoms with Crippen molar-refractivity contribution in [3.8, 4) is 0 Å². The van der Waals surface area contributed by atoms with Crippen LogP contribution in [0.5, 0.6) is 0 Å². The molecule has 2 fully saturated rings. The number of piperidine rings is 1. The summed E-state index contributed by atoms with van der Waals surface area (Å²) in [4.78, 5) is 23.8. The molecule has 3 heterocycles. The van der Waals surface area contributed by atoms with Crippen LogP contribution in [0.1, 0.15) is 12.8 Å². The van der Waals surface area contributed by atoms with Crippen LogP contribution in [0.2, 0.25) is 0 Å². The van der Waals surface area contributed by atoms with Crippen molar-refractivity contribution in [2.75, 3.05) is 49.2 Å². The highest BCUT2D eigenvalue weighted by Gasteiger charge is 2.39. The van der Waals surface area contributed by atoms with E-state index in [0.717, 1.165) is 24.7 Å². The lowest BCUT2D eigenvalue weighted by molar-refractivity contribution is -0.160. The number of nitrogens with zero attached hydrogens (tertiary/aromatic N) is 4. The summed E-state index contributed by atoms with van der Waals surface area (Å²) >= 11 is 0. The van der Waals surface area contributed by atoms with E-state index in [-0.39, 0.29) is 12.8 Å². The molecule has 0 unspecified atom stereocenters. The molecule has 1 aromatic heterocycles. The van der Waals surface area contributed by atoms with Crippen LogP contribution < -0.4 is 9.80 Å². The molecule has 2 saturated heterocycles. The standard InChI is InChI=1S/C14H20N4O4/c19-13(20)14(21)1-3-17(4-2-14)11-9-12(16-10-15-11)18-5-7-22-8-6-18/h9-10,21H,1-8H2,(H,19,20). The molecule has 8 nitrogen and oxygen atoms in total. The number of carboxylic acids is 1. The Labute approximate surface area is 128 Å². The van der Waals surface area contributed by atoms with Gasteiger partial charge in [0, 0.05) is 45.1 Å². The van der Waals surface area contributed by atoms with E-state index < -0.39 is 11.6 Å². The number of aromatic nitrogens is 2. The van der Waals surface area contributed by atoms with Crippen LogP contribution >= 0.6 is 0 Å². The summed E-state index contributed by atoms with van der Waals surface area (Å²) in [5, 5.41) is 19.0. The van der Waals surface area contributed by atoms with Crippen molar-refractivity contribution in [1.29, 1.82) is 0 Å². The number of aliphatic carboxylic acids is 1. The molecule has 2 aliphatic heterocycles. The molecule has 3 rings (SSSR count). The molecule has 0 bridgehead atoms. The van der Waals surface area contributed by atoms with Crippen molar-refractivity contribution in [2.45, 2.75) is 18.4 Å². The summed E-state index contributed by atoms with van der Waals surface area (Å²) in [6.45, 7) is 3.90. The largest absolute Gasteiger partial charge is 0.479 e. The Kier molecular flexibility index (Phi) is 4.12. The number of ether oxygens (including phenoxy) is 1. The van der Waals surface area contributed by atoms with Crippen molar-refractivity contribution >= 4 is 17.6 Å². The first-order chi connectivity index (χ1) is 10.6. The van der Waals surface area contributed by atoms with Gasteiger partial charge >= 0.3 is 5.97 Å². The molecule has 0 radical (unpaired) electrons. The first-order valence-corrected chi connectivity index (χ1v) is 7.44. The predicted molar refractivity (Wildman–Crippen MR) is 79.1 cm³/mol. The highest BCUT2D eigenvalue weighted by atomic mass is 16.5. The first kappa shape index (κ1) is 15.0. The van der Waals surface area contributed by atoms with E-state index in [1.807, 2.05) is 11.0 Å². The first-order valence-electron chi connectivity index (χ1n) is 7.44. The van der Waals surface area contributed by atoms with Crippen molar-refractivity contribution < 1.29 is 19.7 Å². The fourth-order valence-corrected chi connectivity index (χ4v) is 2.80. The Morgan fingerprint density at radius 3 is 2.18 bits per heavy atom. The van der Waals surface area contributed by atoms with Gasteiger partial charge in [-0.15, -0.1) is 0 Å².